The van der Waals surface area contributed by atoms with Crippen molar-refractivity contribution in [3.8, 4) is 0 Å². The van der Waals surface area contributed by atoms with Crippen LogP contribution in [0.5, 0.6) is 0 Å². The summed E-state index contributed by atoms with van der Waals surface area (Å²) in [6.07, 6.45) is -0.359. The molecule has 0 aliphatic carbocycles. The molecule has 39 heavy (non-hydrogen) atoms. The lowest BCUT2D eigenvalue weighted by Crippen LogP contribution is -2.70. The Labute approximate surface area is 230 Å². The second-order valence-electron chi connectivity index (χ2n) is 10.0. The molecular weight excluding hydrogens is 546 g/mol. The molecule has 2 fully saturated rings. The van der Waals surface area contributed by atoms with Crippen LogP contribution in [0.4, 0.5) is 11.4 Å². The van der Waals surface area contributed by atoms with E-state index in [0.29, 0.717) is 4.31 Å². The van der Waals surface area contributed by atoms with Crippen LogP contribution in [0.1, 0.15) is 29.8 Å². The Bertz CT molecular complexity index is 1440. The van der Waals surface area contributed by atoms with E-state index >= 15 is 0 Å². The third-order valence-corrected chi connectivity index (χ3v) is 9.07. The summed E-state index contributed by atoms with van der Waals surface area (Å²) in [5, 5.41) is 17.1. The molecule has 4 rings (SSSR count). The van der Waals surface area contributed by atoms with Gasteiger partial charge in [0.25, 0.3) is 5.91 Å². The van der Waals surface area contributed by atoms with E-state index in [1.165, 1.54) is 47.0 Å². The number of hydrogen-bond acceptors (Lipinski definition) is 8. The third-order valence-electron chi connectivity index (χ3n) is 6.62. The summed E-state index contributed by atoms with van der Waals surface area (Å²) in [6.45, 7) is 3.45. The van der Waals surface area contributed by atoms with Crippen LogP contribution in [0.3, 0.4) is 0 Å². The minimum Gasteiger partial charge on any atom is -0.480 e. The van der Waals surface area contributed by atoms with Gasteiger partial charge in [-0.25, -0.2) is 9.93 Å². The van der Waals surface area contributed by atoms with E-state index in [9.17, 15) is 32.7 Å². The lowest BCUT2D eigenvalue weighted by Gasteiger charge is -2.43. The number of nitrogens with zero attached hydrogens (tertiary/aromatic N) is 3. The molecule has 2 heterocycles. The molecule has 3 atom stereocenters. The number of thioether (sulfide) groups is 1. The molecular formula is C25H29N5O7S2. The second-order valence-corrected chi connectivity index (χ2v) is 13.2. The van der Waals surface area contributed by atoms with Crippen LogP contribution in [-0.4, -0.2) is 78.4 Å². The number of nitrogens with two attached hydrogens (primary N) is 1. The fourth-order valence-electron chi connectivity index (χ4n) is 4.78. The zero-order valence-electron chi connectivity index (χ0n) is 21.7. The lowest BCUT2D eigenvalue weighted by molar-refractivity contribution is -0.161. The topological polar surface area (TPSA) is 170 Å². The van der Waals surface area contributed by atoms with Gasteiger partial charge in [0.15, 0.2) is 0 Å². The summed E-state index contributed by atoms with van der Waals surface area (Å²) in [5.41, 5.74) is 0.964. The number of aliphatic carboxylic acids is 1. The van der Waals surface area contributed by atoms with Gasteiger partial charge >= 0.3 is 16.2 Å². The monoisotopic (exact) mass is 575 g/mol. The van der Waals surface area contributed by atoms with Crippen molar-refractivity contribution in [2.24, 2.45) is 5.14 Å². The molecule has 2 aliphatic rings. The fraction of sp³-hybridized carbons (Fsp3) is 0.360. The molecule has 14 heteroatoms. The highest BCUT2D eigenvalue weighted by atomic mass is 32.2. The highest BCUT2D eigenvalue weighted by Crippen LogP contribution is 2.50. The van der Waals surface area contributed by atoms with Gasteiger partial charge in [-0.1, -0.05) is 18.2 Å². The summed E-state index contributed by atoms with van der Waals surface area (Å²) in [5.74, 6) is -3.12. The largest absolute Gasteiger partial charge is 0.480 e. The first-order chi connectivity index (χ1) is 18.1. The van der Waals surface area contributed by atoms with E-state index in [0.717, 1.165) is 5.69 Å². The van der Waals surface area contributed by atoms with Gasteiger partial charge in [-0.05, 0) is 49.7 Å². The van der Waals surface area contributed by atoms with E-state index in [1.54, 1.807) is 32.0 Å². The van der Waals surface area contributed by atoms with Crippen LogP contribution in [0.25, 0.3) is 0 Å². The van der Waals surface area contributed by atoms with E-state index in [-0.39, 0.29) is 23.2 Å². The van der Waals surface area contributed by atoms with Crippen LogP contribution in [0, 0.1) is 0 Å². The van der Waals surface area contributed by atoms with Gasteiger partial charge in [-0.15, -0.1) is 11.8 Å². The molecule has 12 nitrogen and oxygen atoms in total. The number of benzene rings is 2. The predicted molar refractivity (Wildman–Crippen MR) is 146 cm³/mol. The average molecular weight is 576 g/mol. The van der Waals surface area contributed by atoms with E-state index < -0.39 is 56.1 Å². The SMILES string of the molecule is CN(C)c1ccc(C(=O)N(c2ccccc2CC(=O)NC2C(=O)N3[C@@H]2SC(C)(C)[C@@H]3C(=O)O)S(N)(=O)=O)cc1. The summed E-state index contributed by atoms with van der Waals surface area (Å²) in [6, 6.07) is 10.3. The van der Waals surface area contributed by atoms with Crippen molar-refractivity contribution in [1.29, 1.82) is 0 Å². The molecule has 2 saturated heterocycles. The fourth-order valence-corrected chi connectivity index (χ4v) is 7.20. The molecule has 208 valence electrons. The van der Waals surface area contributed by atoms with E-state index in [2.05, 4.69) is 5.32 Å². The number of carbonyl (C=O) groups is 4. The molecule has 2 aromatic rings. The van der Waals surface area contributed by atoms with Crippen molar-refractivity contribution >= 4 is 57.0 Å². The lowest BCUT2D eigenvalue weighted by atomic mass is 9.96. The van der Waals surface area contributed by atoms with Crippen LogP contribution >= 0.6 is 11.8 Å². The quantitative estimate of drug-likeness (QED) is 0.385. The van der Waals surface area contributed by atoms with Crippen LogP contribution < -0.4 is 19.7 Å². The Kier molecular flexibility index (Phi) is 7.40. The summed E-state index contributed by atoms with van der Waals surface area (Å²) in [4.78, 5) is 53.8. The van der Waals surface area contributed by atoms with Crippen molar-refractivity contribution in [3.63, 3.8) is 0 Å². The molecule has 3 amide bonds. The second kappa shape index (κ2) is 10.2. The van der Waals surface area contributed by atoms with Crippen molar-refractivity contribution in [3.05, 3.63) is 59.7 Å². The van der Waals surface area contributed by atoms with Gasteiger partial charge in [-0.3, -0.25) is 14.4 Å². The molecule has 0 radical (unpaired) electrons. The summed E-state index contributed by atoms with van der Waals surface area (Å²) < 4.78 is 24.9. The van der Waals surface area contributed by atoms with Crippen LogP contribution in [-0.2, 0) is 31.0 Å². The Morgan fingerprint density at radius 2 is 1.72 bits per heavy atom. The minimum absolute atomic E-state index is 0.0721. The molecule has 0 aromatic heterocycles. The zero-order valence-corrected chi connectivity index (χ0v) is 23.3. The van der Waals surface area contributed by atoms with Gasteiger partial charge in [0, 0.05) is 30.1 Å². The van der Waals surface area contributed by atoms with Gasteiger partial charge in [-0.2, -0.15) is 12.7 Å². The standard InChI is InChI=1S/C25H29N5O7S2/c1-25(2)20(24(34)35)29-22(33)19(23(29)38-25)27-18(31)13-15-7-5-6-8-17(15)30(39(26,36)37)21(32)14-9-11-16(12-10-14)28(3)4/h5-12,19-20,23H,13H2,1-4H3,(H,27,31)(H,34,35)(H2,26,36,37)/t19?,20-,23+/m0/s1. The Morgan fingerprint density at radius 3 is 2.28 bits per heavy atom. The first-order valence-corrected chi connectivity index (χ1v) is 14.3. The number of para-hydroxylation sites is 1. The predicted octanol–water partition coefficient (Wildman–Crippen LogP) is 0.777. The van der Waals surface area contributed by atoms with Gasteiger partial charge < -0.3 is 20.2 Å². The number of hydrogen-bond donors (Lipinski definition) is 3. The molecule has 4 N–H and O–H groups in total. The highest BCUT2D eigenvalue weighted by Gasteiger charge is 2.64. The Balaban J connectivity index is 1.56. The number of rotatable bonds is 8. The van der Waals surface area contributed by atoms with Crippen molar-refractivity contribution < 1.29 is 32.7 Å². The summed E-state index contributed by atoms with van der Waals surface area (Å²) in [7, 11) is -0.953. The minimum atomic E-state index is -4.59. The maximum atomic E-state index is 13.3. The number of β-lactam (4-membered cyclic amide) rings is 1. The molecule has 0 saturated carbocycles. The van der Waals surface area contributed by atoms with Crippen LogP contribution in [0.15, 0.2) is 48.5 Å². The normalized spacial score (nSPS) is 21.5. The number of anilines is 2. The molecule has 2 aliphatic heterocycles. The maximum Gasteiger partial charge on any atom is 0.327 e. The highest BCUT2D eigenvalue weighted by molar-refractivity contribution is 8.01. The van der Waals surface area contributed by atoms with Crippen molar-refractivity contribution in [1.82, 2.24) is 10.2 Å². The number of carboxylic acids is 1. The zero-order chi connectivity index (χ0) is 28.9. The molecule has 0 bridgehead atoms. The maximum absolute atomic E-state index is 13.3. The average Bonchev–Trinajstić information content (AvgIpc) is 3.10. The van der Waals surface area contributed by atoms with E-state index in [4.69, 9.17) is 5.14 Å². The molecule has 0 spiro atoms. The number of carboxylic acid groups (broad SMARTS) is 1. The Hall–Kier alpha value is -3.62. The van der Waals surface area contributed by atoms with Gasteiger partial charge in [0.2, 0.25) is 11.8 Å². The van der Waals surface area contributed by atoms with Crippen molar-refractivity contribution in [2.75, 3.05) is 23.3 Å². The van der Waals surface area contributed by atoms with Crippen LogP contribution in [0.2, 0.25) is 0 Å². The molecule has 1 unspecified atom stereocenters. The third kappa shape index (κ3) is 5.31. The van der Waals surface area contributed by atoms with Crippen molar-refractivity contribution in [2.45, 2.75) is 42.5 Å². The smallest absolute Gasteiger partial charge is 0.327 e. The first kappa shape index (κ1) is 28.4. The number of fused-ring (bicyclic) bond motifs is 1. The Morgan fingerprint density at radius 1 is 1.10 bits per heavy atom. The van der Waals surface area contributed by atoms with Gasteiger partial charge in [0.05, 0.1) is 12.1 Å². The number of carbonyl (C=O) groups excluding carboxylic acids is 3. The van der Waals surface area contributed by atoms with E-state index in [1.807, 2.05) is 19.0 Å². The first-order valence-electron chi connectivity index (χ1n) is 11.9. The van der Waals surface area contributed by atoms with Gasteiger partial charge in [0.1, 0.15) is 17.5 Å². The molecule has 2 aromatic carbocycles. The number of nitrogens with one attached hydrogen (secondary N) is 1. The summed E-state index contributed by atoms with van der Waals surface area (Å²) >= 11 is 1.29. The number of amides is 3.